The topological polar surface area (TPSA) is 93.5 Å². The largest absolute Gasteiger partial charge is 0.377 e. The number of carbonyl (C=O) groups is 1. The monoisotopic (exact) mass is 582 g/mol. The number of aryl methyl sites for hydroxylation is 1. The summed E-state index contributed by atoms with van der Waals surface area (Å²) in [6, 6.07) is 19.9. The van der Waals surface area contributed by atoms with E-state index in [0.29, 0.717) is 35.0 Å². The molecule has 1 aromatic heterocycles. The van der Waals surface area contributed by atoms with Gasteiger partial charge in [0.05, 0.1) is 28.9 Å². The van der Waals surface area contributed by atoms with Crippen molar-refractivity contribution in [1.82, 2.24) is 13.9 Å². The molecule has 1 amide bonds. The van der Waals surface area contributed by atoms with Crippen molar-refractivity contribution in [2.45, 2.75) is 30.8 Å². The van der Waals surface area contributed by atoms with Crippen molar-refractivity contribution in [2.75, 3.05) is 25.0 Å². The molecular weight excluding hydrogens is 555 g/mol. The molecule has 2 heterocycles. The molecule has 4 aromatic rings. The summed E-state index contributed by atoms with van der Waals surface area (Å²) in [4.78, 5) is 18.0. The molecule has 0 saturated carbocycles. The summed E-state index contributed by atoms with van der Waals surface area (Å²) in [5.41, 5.74) is 2.30. The molecule has 8 nitrogen and oxygen atoms in total. The Morgan fingerprint density at radius 2 is 1.90 bits per heavy atom. The molecule has 0 spiro atoms. The van der Waals surface area contributed by atoms with Crippen LogP contribution in [0.1, 0.15) is 18.4 Å². The SMILES string of the molecule is Cc1ccc(-n2cc(-c3ccccc3)nc2NC(=O)CN(C[C@H]2CCCO2)S(=O)(=O)c2ccc(Cl)cc2)cc1F. The first-order valence-corrected chi connectivity index (χ1v) is 14.6. The summed E-state index contributed by atoms with van der Waals surface area (Å²) < 4.78 is 49.9. The van der Waals surface area contributed by atoms with Crippen molar-refractivity contribution < 1.29 is 22.3 Å². The Morgan fingerprint density at radius 3 is 2.58 bits per heavy atom. The summed E-state index contributed by atoms with van der Waals surface area (Å²) in [6.07, 6.45) is 2.89. The summed E-state index contributed by atoms with van der Waals surface area (Å²) in [5, 5.41) is 3.14. The Kier molecular flexibility index (Phi) is 8.32. The molecule has 208 valence electrons. The summed E-state index contributed by atoms with van der Waals surface area (Å²) >= 11 is 5.96. The van der Waals surface area contributed by atoms with Crippen molar-refractivity contribution in [2.24, 2.45) is 0 Å². The highest BCUT2D eigenvalue weighted by atomic mass is 35.5. The molecule has 40 heavy (non-hydrogen) atoms. The van der Waals surface area contributed by atoms with Crippen LogP contribution in [0.4, 0.5) is 10.3 Å². The molecule has 0 bridgehead atoms. The van der Waals surface area contributed by atoms with Gasteiger partial charge in [-0.05, 0) is 61.7 Å². The van der Waals surface area contributed by atoms with E-state index in [9.17, 15) is 17.6 Å². The lowest BCUT2D eigenvalue weighted by Gasteiger charge is -2.24. The van der Waals surface area contributed by atoms with Crippen molar-refractivity contribution in [1.29, 1.82) is 0 Å². The standard InChI is InChI=1S/C29H28ClFN4O4S/c1-20-9-12-23(16-26(20)31)35-18-27(21-6-3-2-4-7-21)32-29(35)33-28(36)19-34(17-24-8-5-15-39-24)40(37,38)25-13-10-22(30)11-14-25/h2-4,6-7,9-14,16,18,24H,5,8,15,17,19H2,1H3,(H,32,33,36)/t24-/m1/s1. The van der Waals surface area contributed by atoms with Crippen LogP contribution in [0.15, 0.2) is 83.9 Å². The molecule has 1 atom stereocenters. The fourth-order valence-corrected chi connectivity index (χ4v) is 6.04. The van der Waals surface area contributed by atoms with Crippen molar-refractivity contribution in [3.8, 4) is 16.9 Å². The molecule has 0 aliphatic carbocycles. The number of halogens is 2. The van der Waals surface area contributed by atoms with Gasteiger partial charge in [-0.25, -0.2) is 17.8 Å². The lowest BCUT2D eigenvalue weighted by Crippen LogP contribution is -2.42. The number of imidazole rings is 1. The first kappa shape index (κ1) is 28.0. The zero-order valence-electron chi connectivity index (χ0n) is 21.8. The Morgan fingerprint density at radius 1 is 1.15 bits per heavy atom. The zero-order chi connectivity index (χ0) is 28.3. The van der Waals surface area contributed by atoms with Crippen LogP contribution < -0.4 is 5.32 Å². The minimum absolute atomic E-state index is 0.0191. The van der Waals surface area contributed by atoms with E-state index in [1.165, 1.54) is 30.3 Å². The van der Waals surface area contributed by atoms with Gasteiger partial charge in [0.1, 0.15) is 5.82 Å². The summed E-state index contributed by atoms with van der Waals surface area (Å²) in [7, 11) is -4.05. The number of carbonyl (C=O) groups excluding carboxylic acids is 1. The van der Waals surface area contributed by atoms with Crippen molar-refractivity contribution >= 4 is 33.5 Å². The van der Waals surface area contributed by atoms with E-state index in [-0.39, 0.29) is 23.5 Å². The van der Waals surface area contributed by atoms with Crippen molar-refractivity contribution in [3.63, 3.8) is 0 Å². The van der Waals surface area contributed by atoms with E-state index in [1.54, 1.807) is 29.8 Å². The minimum Gasteiger partial charge on any atom is -0.377 e. The van der Waals surface area contributed by atoms with Gasteiger partial charge < -0.3 is 4.74 Å². The highest BCUT2D eigenvalue weighted by Crippen LogP contribution is 2.26. The minimum atomic E-state index is -4.05. The number of hydrogen-bond acceptors (Lipinski definition) is 5. The summed E-state index contributed by atoms with van der Waals surface area (Å²) in [6.45, 7) is 1.75. The molecule has 1 fully saturated rings. The number of hydrogen-bond donors (Lipinski definition) is 1. The number of amides is 1. The second-order valence-corrected chi connectivity index (χ2v) is 11.9. The maximum absolute atomic E-state index is 14.5. The predicted molar refractivity (Wildman–Crippen MR) is 152 cm³/mol. The highest BCUT2D eigenvalue weighted by molar-refractivity contribution is 7.89. The number of sulfonamides is 1. The number of aromatic nitrogens is 2. The molecule has 3 aromatic carbocycles. The third-order valence-electron chi connectivity index (χ3n) is 6.66. The lowest BCUT2D eigenvalue weighted by atomic mass is 10.2. The molecule has 5 rings (SSSR count). The molecule has 0 radical (unpaired) electrons. The van der Waals surface area contributed by atoms with Crippen LogP contribution in [0.25, 0.3) is 16.9 Å². The van der Waals surface area contributed by atoms with Gasteiger partial charge in [0.2, 0.25) is 21.9 Å². The number of nitrogens with one attached hydrogen (secondary N) is 1. The fourth-order valence-electron chi connectivity index (χ4n) is 4.49. The lowest BCUT2D eigenvalue weighted by molar-refractivity contribution is -0.116. The van der Waals surface area contributed by atoms with Crippen LogP contribution in [0.5, 0.6) is 0 Å². The average molecular weight is 583 g/mol. The third-order valence-corrected chi connectivity index (χ3v) is 8.74. The van der Waals surface area contributed by atoms with Crippen LogP contribution in [0, 0.1) is 12.7 Å². The molecule has 0 unspecified atom stereocenters. The van der Waals surface area contributed by atoms with Crippen LogP contribution in [-0.4, -0.2) is 54.0 Å². The molecule has 1 saturated heterocycles. The van der Waals surface area contributed by atoms with Gasteiger partial charge in [0.25, 0.3) is 0 Å². The van der Waals surface area contributed by atoms with Gasteiger partial charge in [-0.1, -0.05) is 48.0 Å². The van der Waals surface area contributed by atoms with Gasteiger partial charge >= 0.3 is 0 Å². The van der Waals surface area contributed by atoms with E-state index in [1.807, 2.05) is 30.3 Å². The second kappa shape index (κ2) is 11.9. The maximum atomic E-state index is 14.5. The quantitative estimate of drug-likeness (QED) is 0.283. The van der Waals surface area contributed by atoms with E-state index in [0.717, 1.165) is 16.3 Å². The van der Waals surface area contributed by atoms with E-state index >= 15 is 0 Å². The average Bonchev–Trinajstić information content (AvgIpc) is 3.61. The van der Waals surface area contributed by atoms with Gasteiger partial charge in [-0.2, -0.15) is 4.31 Å². The number of benzene rings is 3. The third kappa shape index (κ3) is 6.26. The first-order chi connectivity index (χ1) is 19.2. The maximum Gasteiger partial charge on any atom is 0.243 e. The molecule has 11 heteroatoms. The Bertz CT molecular complexity index is 1610. The normalized spacial score (nSPS) is 15.4. The van der Waals surface area contributed by atoms with E-state index in [2.05, 4.69) is 10.3 Å². The molecular formula is C29H28ClFN4O4S. The summed E-state index contributed by atoms with van der Waals surface area (Å²) in [5.74, 6) is -0.871. The van der Waals surface area contributed by atoms with Crippen LogP contribution in [0.2, 0.25) is 5.02 Å². The van der Waals surface area contributed by atoms with E-state index in [4.69, 9.17) is 16.3 Å². The van der Waals surface area contributed by atoms with Crippen LogP contribution in [-0.2, 0) is 19.6 Å². The van der Waals surface area contributed by atoms with Crippen LogP contribution >= 0.6 is 11.6 Å². The highest BCUT2D eigenvalue weighted by Gasteiger charge is 2.31. The van der Waals surface area contributed by atoms with Gasteiger partial charge in [-0.15, -0.1) is 0 Å². The van der Waals surface area contributed by atoms with E-state index < -0.39 is 28.3 Å². The fraction of sp³-hybridized carbons (Fsp3) is 0.241. The molecule has 1 N–H and O–H groups in total. The first-order valence-electron chi connectivity index (χ1n) is 12.8. The molecule has 1 aliphatic heterocycles. The van der Waals surface area contributed by atoms with Gasteiger partial charge in [0, 0.05) is 29.9 Å². The smallest absolute Gasteiger partial charge is 0.243 e. The number of rotatable bonds is 9. The zero-order valence-corrected chi connectivity index (χ0v) is 23.3. The van der Waals surface area contributed by atoms with Gasteiger partial charge in [-0.3, -0.25) is 14.7 Å². The Balaban J connectivity index is 1.45. The Hall–Kier alpha value is -3.57. The van der Waals surface area contributed by atoms with Gasteiger partial charge in [0.15, 0.2) is 0 Å². The number of nitrogens with zero attached hydrogens (tertiary/aromatic N) is 3. The Labute approximate surface area is 237 Å². The number of ether oxygens (including phenoxy) is 1. The van der Waals surface area contributed by atoms with Crippen molar-refractivity contribution in [3.05, 3.63) is 95.4 Å². The molecule has 1 aliphatic rings. The number of anilines is 1. The second-order valence-electron chi connectivity index (χ2n) is 9.55. The predicted octanol–water partition coefficient (Wildman–Crippen LogP) is 5.45. The van der Waals surface area contributed by atoms with Crippen LogP contribution in [0.3, 0.4) is 0 Å².